The smallest absolute Gasteiger partial charge is 0.228 e. The van der Waals surface area contributed by atoms with Crippen molar-refractivity contribution in [2.75, 3.05) is 39.9 Å². The molecule has 8 nitrogen and oxygen atoms in total. The van der Waals surface area contributed by atoms with Crippen molar-refractivity contribution in [1.29, 1.82) is 0 Å². The van der Waals surface area contributed by atoms with Gasteiger partial charge in [0, 0.05) is 26.7 Å². The van der Waals surface area contributed by atoms with Crippen molar-refractivity contribution in [2.24, 2.45) is 5.92 Å². The topological polar surface area (TPSA) is 81.5 Å². The van der Waals surface area contributed by atoms with Gasteiger partial charge in [-0.05, 0) is 44.9 Å². The third-order valence-corrected chi connectivity index (χ3v) is 5.98. The van der Waals surface area contributed by atoms with Gasteiger partial charge in [0.1, 0.15) is 0 Å². The average Bonchev–Trinajstić information content (AvgIpc) is 3.51. The second-order valence-corrected chi connectivity index (χ2v) is 8.33. The third-order valence-electron chi connectivity index (χ3n) is 5.98. The van der Waals surface area contributed by atoms with Gasteiger partial charge in [-0.1, -0.05) is 18.1 Å². The minimum Gasteiger partial charge on any atom is -0.383 e. The van der Waals surface area contributed by atoms with Gasteiger partial charge in [0.15, 0.2) is 5.69 Å². The lowest BCUT2D eigenvalue weighted by Gasteiger charge is -2.25. The van der Waals surface area contributed by atoms with Crippen LogP contribution in [0.1, 0.15) is 57.7 Å². The van der Waals surface area contributed by atoms with Crippen LogP contribution >= 0.6 is 0 Å². The van der Waals surface area contributed by atoms with E-state index in [1.165, 1.54) is 0 Å². The van der Waals surface area contributed by atoms with E-state index in [2.05, 4.69) is 34.4 Å². The number of likely N-dealkylation sites (tertiary alicyclic amines) is 1. The number of carbonyl (C=O) groups is 1. The van der Waals surface area contributed by atoms with E-state index in [9.17, 15) is 4.79 Å². The van der Waals surface area contributed by atoms with Crippen LogP contribution in [0.4, 0.5) is 0 Å². The summed E-state index contributed by atoms with van der Waals surface area (Å²) in [6.07, 6.45) is 7.11. The summed E-state index contributed by atoms with van der Waals surface area (Å²) >= 11 is 0. The summed E-state index contributed by atoms with van der Waals surface area (Å²) < 4.78 is 13.1. The molecule has 3 rings (SSSR count). The molecule has 2 fully saturated rings. The Morgan fingerprint density at radius 2 is 2.17 bits per heavy atom. The maximum absolute atomic E-state index is 12.6. The van der Waals surface area contributed by atoms with E-state index in [1.54, 1.807) is 7.11 Å². The zero-order chi connectivity index (χ0) is 21.3. The first-order valence-electron chi connectivity index (χ1n) is 11.1. The number of rotatable bonds is 9. The number of methoxy groups -OCH3 is 1. The van der Waals surface area contributed by atoms with Gasteiger partial charge in [-0.2, -0.15) is 0 Å². The highest BCUT2D eigenvalue weighted by Gasteiger charge is 2.36. The summed E-state index contributed by atoms with van der Waals surface area (Å²) in [6, 6.07) is 0.168. The Bertz CT molecular complexity index is 735. The van der Waals surface area contributed by atoms with Crippen molar-refractivity contribution in [1.82, 2.24) is 25.2 Å². The Morgan fingerprint density at radius 1 is 1.37 bits per heavy atom. The number of aromatic nitrogens is 3. The van der Waals surface area contributed by atoms with Crippen LogP contribution in [0.5, 0.6) is 0 Å². The molecule has 0 aromatic carbocycles. The standard InChI is InChI=1S/C22H35N5O3/c1-17(27-16-19(24-25-27)7-6-10-23-11-14-29-3)15-20-8-9-21(30-20)18(2)22(28)26-12-4-5-13-26/h16-18,20-21,23H,4-5,8-15H2,1-3H3/t17-,18-,20+,21-/m1/s1. The van der Waals surface area contributed by atoms with Gasteiger partial charge < -0.3 is 19.7 Å². The van der Waals surface area contributed by atoms with Crippen LogP contribution in [0.15, 0.2) is 6.20 Å². The van der Waals surface area contributed by atoms with Crippen LogP contribution < -0.4 is 5.32 Å². The van der Waals surface area contributed by atoms with Gasteiger partial charge in [-0.3, -0.25) is 4.79 Å². The minimum atomic E-state index is -0.0610. The molecule has 0 spiro atoms. The average molecular weight is 418 g/mol. The fraction of sp³-hybridized carbons (Fsp3) is 0.773. The number of hydrogen-bond acceptors (Lipinski definition) is 6. The van der Waals surface area contributed by atoms with E-state index in [4.69, 9.17) is 9.47 Å². The Hall–Kier alpha value is -1.95. The van der Waals surface area contributed by atoms with E-state index in [0.29, 0.717) is 18.8 Å². The number of nitrogens with zero attached hydrogens (tertiary/aromatic N) is 4. The van der Waals surface area contributed by atoms with Crippen molar-refractivity contribution in [3.8, 4) is 11.8 Å². The maximum atomic E-state index is 12.6. The largest absolute Gasteiger partial charge is 0.383 e. The molecule has 0 radical (unpaired) electrons. The van der Waals surface area contributed by atoms with Crippen LogP contribution in [0, 0.1) is 17.8 Å². The van der Waals surface area contributed by atoms with Gasteiger partial charge in [0.05, 0.1) is 43.5 Å². The van der Waals surface area contributed by atoms with Crippen molar-refractivity contribution >= 4 is 5.91 Å². The predicted molar refractivity (Wildman–Crippen MR) is 114 cm³/mol. The molecule has 0 bridgehead atoms. The molecule has 1 amide bonds. The number of amides is 1. The molecule has 1 aromatic heterocycles. The van der Waals surface area contributed by atoms with Crippen LogP contribution in [0.25, 0.3) is 0 Å². The Morgan fingerprint density at radius 3 is 2.93 bits per heavy atom. The normalized spacial score (nSPS) is 23.2. The van der Waals surface area contributed by atoms with Crippen LogP contribution in [0.2, 0.25) is 0 Å². The molecule has 0 aliphatic carbocycles. The number of nitrogens with one attached hydrogen (secondary N) is 1. The molecule has 2 saturated heterocycles. The first kappa shape index (κ1) is 22.7. The number of hydrogen-bond donors (Lipinski definition) is 1. The summed E-state index contributed by atoms with van der Waals surface area (Å²) in [7, 11) is 1.68. The zero-order valence-electron chi connectivity index (χ0n) is 18.5. The van der Waals surface area contributed by atoms with Gasteiger partial charge in [0.25, 0.3) is 0 Å². The van der Waals surface area contributed by atoms with Gasteiger partial charge in [-0.25, -0.2) is 4.68 Å². The molecular weight excluding hydrogens is 382 g/mol. The van der Waals surface area contributed by atoms with Crippen LogP contribution in [0.3, 0.4) is 0 Å². The Labute approximate surface area is 179 Å². The number of ether oxygens (including phenoxy) is 2. The predicted octanol–water partition coefficient (Wildman–Crippen LogP) is 1.62. The lowest BCUT2D eigenvalue weighted by Crippen LogP contribution is -2.38. The molecule has 8 heteroatoms. The molecular formula is C22H35N5O3. The van der Waals surface area contributed by atoms with Crippen LogP contribution in [-0.4, -0.2) is 77.9 Å². The second-order valence-electron chi connectivity index (χ2n) is 8.33. The van der Waals surface area contributed by atoms with Gasteiger partial charge >= 0.3 is 0 Å². The molecule has 0 saturated carbocycles. The van der Waals surface area contributed by atoms with E-state index >= 15 is 0 Å². The quantitative estimate of drug-likeness (QED) is 0.486. The number of carbonyl (C=O) groups excluding carboxylic acids is 1. The van der Waals surface area contributed by atoms with Crippen LogP contribution in [-0.2, 0) is 14.3 Å². The monoisotopic (exact) mass is 417 g/mol. The molecule has 1 N–H and O–H groups in total. The SMILES string of the molecule is COCCNCC#Cc1cn([C@H](C)C[C@@H]2CC[C@H]([C@@H](C)C(=O)N3CCCC3)O2)nn1. The lowest BCUT2D eigenvalue weighted by molar-refractivity contribution is -0.138. The molecule has 2 aliphatic rings. The van der Waals surface area contributed by atoms with E-state index in [1.807, 2.05) is 22.7 Å². The van der Waals surface area contributed by atoms with Crippen molar-refractivity contribution in [3.63, 3.8) is 0 Å². The second kappa shape index (κ2) is 11.4. The van der Waals surface area contributed by atoms with E-state index in [0.717, 1.165) is 51.7 Å². The molecule has 166 valence electrons. The third kappa shape index (κ3) is 6.27. The highest BCUT2D eigenvalue weighted by Crippen LogP contribution is 2.31. The van der Waals surface area contributed by atoms with Crippen molar-refractivity contribution < 1.29 is 14.3 Å². The summed E-state index contributed by atoms with van der Waals surface area (Å²) in [5, 5.41) is 11.6. The fourth-order valence-corrected chi connectivity index (χ4v) is 4.16. The van der Waals surface area contributed by atoms with E-state index in [-0.39, 0.29) is 30.1 Å². The fourth-order valence-electron chi connectivity index (χ4n) is 4.16. The Balaban J connectivity index is 1.43. The lowest BCUT2D eigenvalue weighted by atomic mass is 9.99. The highest BCUT2D eigenvalue weighted by molar-refractivity contribution is 5.79. The molecule has 2 aliphatic heterocycles. The first-order valence-corrected chi connectivity index (χ1v) is 11.1. The highest BCUT2D eigenvalue weighted by atomic mass is 16.5. The zero-order valence-corrected chi connectivity index (χ0v) is 18.5. The minimum absolute atomic E-state index is 0.0260. The molecule has 30 heavy (non-hydrogen) atoms. The summed E-state index contributed by atoms with van der Waals surface area (Å²) in [5.41, 5.74) is 0.672. The first-order chi connectivity index (χ1) is 14.6. The van der Waals surface area contributed by atoms with Gasteiger partial charge in [-0.15, -0.1) is 5.10 Å². The van der Waals surface area contributed by atoms with Gasteiger partial charge in [0.2, 0.25) is 5.91 Å². The summed E-state index contributed by atoms with van der Waals surface area (Å²) in [5.74, 6) is 6.27. The molecule has 3 heterocycles. The Kier molecular flexibility index (Phi) is 8.67. The summed E-state index contributed by atoms with van der Waals surface area (Å²) in [6.45, 7) is 7.98. The van der Waals surface area contributed by atoms with Crippen molar-refractivity contribution in [3.05, 3.63) is 11.9 Å². The van der Waals surface area contributed by atoms with E-state index < -0.39 is 0 Å². The summed E-state index contributed by atoms with van der Waals surface area (Å²) in [4.78, 5) is 14.6. The maximum Gasteiger partial charge on any atom is 0.228 e. The molecule has 4 atom stereocenters. The molecule has 1 aromatic rings. The van der Waals surface area contributed by atoms with Crippen molar-refractivity contribution in [2.45, 2.75) is 64.2 Å². The molecule has 0 unspecified atom stereocenters.